The monoisotopic (exact) mass is 157 g/mol. The SMILES string of the molecule is CC(C)C1=Nc2cbccc2C1. The Bertz CT molecular complexity index is 328. The van der Waals surface area contributed by atoms with Crippen molar-refractivity contribution in [1.29, 1.82) is 0 Å². The third-order valence-electron chi connectivity index (χ3n) is 2.29. The average Bonchev–Trinajstić information content (AvgIpc) is 2.46. The summed E-state index contributed by atoms with van der Waals surface area (Å²) in [5, 5.41) is 0. The summed E-state index contributed by atoms with van der Waals surface area (Å²) in [7, 11) is 0. The van der Waals surface area contributed by atoms with E-state index in [-0.39, 0.29) is 0 Å². The first-order valence-corrected chi connectivity index (χ1v) is 4.43. The molecule has 0 N–H and O–H groups in total. The van der Waals surface area contributed by atoms with Crippen molar-refractivity contribution >= 4 is 18.3 Å². The fourth-order valence-corrected chi connectivity index (χ4v) is 1.49. The maximum absolute atomic E-state index is 4.57. The number of hydrogen-bond acceptors (Lipinski definition) is 1. The Morgan fingerprint density at radius 3 is 3.00 bits per heavy atom. The van der Waals surface area contributed by atoms with Crippen LogP contribution in [0.1, 0.15) is 19.4 Å². The standard InChI is InChI=1S/C10H12BN/c1-7(2)9-5-8-3-4-11-6-10(8)12-9/h3-4,6-7H,5H2,1-2H3. The van der Waals surface area contributed by atoms with Crippen LogP contribution in [-0.2, 0) is 6.42 Å². The van der Waals surface area contributed by atoms with Gasteiger partial charge in [0.05, 0.1) is 0 Å². The molecule has 1 aromatic heterocycles. The molecule has 0 atom stereocenters. The van der Waals surface area contributed by atoms with Crippen molar-refractivity contribution in [2.24, 2.45) is 10.9 Å². The van der Waals surface area contributed by atoms with Crippen LogP contribution in [-0.4, -0.2) is 12.6 Å². The van der Waals surface area contributed by atoms with Gasteiger partial charge in [0.25, 0.3) is 0 Å². The van der Waals surface area contributed by atoms with Crippen LogP contribution in [0.25, 0.3) is 0 Å². The summed E-state index contributed by atoms with van der Waals surface area (Å²) >= 11 is 0. The van der Waals surface area contributed by atoms with E-state index in [0.29, 0.717) is 5.92 Å². The second kappa shape index (κ2) is 2.85. The predicted octanol–water partition coefficient (Wildman–Crippen LogP) is 2.31. The van der Waals surface area contributed by atoms with Crippen LogP contribution in [0.3, 0.4) is 0 Å². The van der Waals surface area contributed by atoms with Crippen molar-refractivity contribution < 1.29 is 0 Å². The molecule has 2 rings (SSSR count). The van der Waals surface area contributed by atoms with E-state index in [4.69, 9.17) is 0 Å². The summed E-state index contributed by atoms with van der Waals surface area (Å²) in [5.41, 5.74) is 3.86. The molecule has 60 valence electrons. The van der Waals surface area contributed by atoms with Crippen LogP contribution in [0, 0.1) is 5.92 Å². The molecule has 0 saturated heterocycles. The molecule has 1 nitrogen and oxygen atoms in total. The second-order valence-corrected chi connectivity index (χ2v) is 3.56. The Balaban J connectivity index is 2.35. The number of nitrogens with zero attached hydrogens (tertiary/aromatic N) is 1. The van der Waals surface area contributed by atoms with Gasteiger partial charge >= 0.3 is 73.0 Å². The van der Waals surface area contributed by atoms with E-state index in [1.165, 1.54) is 17.0 Å². The Morgan fingerprint density at radius 1 is 1.50 bits per heavy atom. The van der Waals surface area contributed by atoms with Crippen molar-refractivity contribution in [1.82, 2.24) is 0 Å². The summed E-state index contributed by atoms with van der Waals surface area (Å²) < 4.78 is 0. The van der Waals surface area contributed by atoms with Crippen LogP contribution >= 0.6 is 0 Å². The molecule has 0 spiro atoms. The van der Waals surface area contributed by atoms with Gasteiger partial charge < -0.3 is 0 Å². The van der Waals surface area contributed by atoms with Crippen molar-refractivity contribution in [3.63, 3.8) is 0 Å². The molecule has 2 heterocycles. The Labute approximate surface area is 73.7 Å². The third kappa shape index (κ3) is 1.22. The van der Waals surface area contributed by atoms with Crippen LogP contribution < -0.4 is 0 Å². The van der Waals surface area contributed by atoms with Gasteiger partial charge in [-0.05, 0) is 0 Å². The number of rotatable bonds is 1. The Morgan fingerprint density at radius 2 is 2.33 bits per heavy atom. The molecule has 0 aliphatic carbocycles. The molecule has 1 aliphatic heterocycles. The van der Waals surface area contributed by atoms with Crippen LogP contribution in [0.5, 0.6) is 0 Å². The quantitative estimate of drug-likeness (QED) is 0.593. The number of aliphatic imine (C=N–C) groups is 1. The number of fused-ring (bicyclic) bond motifs is 1. The van der Waals surface area contributed by atoms with Crippen LogP contribution in [0.2, 0.25) is 0 Å². The summed E-state index contributed by atoms with van der Waals surface area (Å²) in [4.78, 5) is 4.57. The topological polar surface area (TPSA) is 12.4 Å². The van der Waals surface area contributed by atoms with Gasteiger partial charge in [-0.2, -0.15) is 0 Å². The predicted molar refractivity (Wildman–Crippen MR) is 53.4 cm³/mol. The summed E-state index contributed by atoms with van der Waals surface area (Å²) in [6, 6.07) is 2.16. The number of hydrogen-bond donors (Lipinski definition) is 0. The van der Waals surface area contributed by atoms with Gasteiger partial charge in [0.2, 0.25) is 0 Å². The first-order valence-electron chi connectivity index (χ1n) is 4.43. The van der Waals surface area contributed by atoms with Crippen molar-refractivity contribution in [3.05, 3.63) is 23.6 Å². The summed E-state index contributed by atoms with van der Waals surface area (Å²) in [6.07, 6.45) is 1.05. The summed E-state index contributed by atoms with van der Waals surface area (Å²) in [6.45, 7) is 6.45. The maximum atomic E-state index is 4.57. The summed E-state index contributed by atoms with van der Waals surface area (Å²) in [5.74, 6) is 4.75. The molecule has 0 aromatic carbocycles. The zero-order valence-electron chi connectivity index (χ0n) is 7.54. The molecule has 0 radical (unpaired) electrons. The Kier molecular flexibility index (Phi) is 1.83. The van der Waals surface area contributed by atoms with Gasteiger partial charge in [0, 0.05) is 0 Å². The van der Waals surface area contributed by atoms with E-state index in [1.54, 1.807) is 0 Å². The van der Waals surface area contributed by atoms with E-state index in [0.717, 1.165) is 6.42 Å². The van der Waals surface area contributed by atoms with Gasteiger partial charge in [0.15, 0.2) is 0 Å². The normalized spacial score (nSPS) is 14.4. The Hall–Kier alpha value is -0.915. The van der Waals surface area contributed by atoms with E-state index < -0.39 is 0 Å². The second-order valence-electron chi connectivity index (χ2n) is 3.56. The van der Waals surface area contributed by atoms with Gasteiger partial charge in [-0.15, -0.1) is 0 Å². The minimum absolute atomic E-state index is 0.581. The first kappa shape index (κ1) is 7.72. The van der Waals surface area contributed by atoms with E-state index >= 15 is 0 Å². The van der Waals surface area contributed by atoms with Crippen molar-refractivity contribution in [2.45, 2.75) is 20.3 Å². The fourth-order valence-electron chi connectivity index (χ4n) is 1.49. The molecular formula is C10H12BN. The van der Waals surface area contributed by atoms with Gasteiger partial charge in [-0.25, -0.2) is 0 Å². The molecule has 12 heavy (non-hydrogen) atoms. The molecule has 2 heteroatoms. The van der Waals surface area contributed by atoms with Gasteiger partial charge in [-0.3, -0.25) is 0 Å². The van der Waals surface area contributed by atoms with E-state index in [9.17, 15) is 0 Å². The van der Waals surface area contributed by atoms with Crippen molar-refractivity contribution in [2.75, 3.05) is 0 Å². The average molecular weight is 157 g/mol. The molecule has 0 saturated carbocycles. The molecule has 0 amide bonds. The first-order chi connectivity index (χ1) is 5.77. The fraction of sp³-hybridized carbons (Fsp3) is 0.400. The molecule has 0 unspecified atom stereocenters. The van der Waals surface area contributed by atoms with Crippen LogP contribution in [0.15, 0.2) is 23.0 Å². The van der Waals surface area contributed by atoms with Crippen LogP contribution in [0.4, 0.5) is 5.69 Å². The van der Waals surface area contributed by atoms with E-state index in [1.807, 2.05) is 6.91 Å². The van der Waals surface area contributed by atoms with Gasteiger partial charge in [0.1, 0.15) is 0 Å². The van der Waals surface area contributed by atoms with Crippen molar-refractivity contribution in [3.8, 4) is 0 Å². The molecular weight excluding hydrogens is 145 g/mol. The third-order valence-corrected chi connectivity index (χ3v) is 2.29. The minimum atomic E-state index is 0.581. The molecule has 1 aliphatic rings. The zero-order chi connectivity index (χ0) is 8.55. The van der Waals surface area contributed by atoms with Gasteiger partial charge in [-0.1, -0.05) is 0 Å². The zero-order valence-corrected chi connectivity index (χ0v) is 7.54. The molecule has 0 bridgehead atoms. The molecule has 0 fully saturated rings. The molecule has 1 aromatic rings. The van der Waals surface area contributed by atoms with E-state index in [2.05, 4.69) is 36.8 Å².